The quantitative estimate of drug-likeness (QED) is 0.796. The first-order valence-electron chi connectivity index (χ1n) is 7.76. The van der Waals surface area contributed by atoms with Gasteiger partial charge >= 0.3 is 0 Å². The maximum Gasteiger partial charge on any atom is 0.0709 e. The van der Waals surface area contributed by atoms with E-state index in [9.17, 15) is 0 Å². The lowest BCUT2D eigenvalue weighted by molar-refractivity contribution is 0.627. The lowest BCUT2D eigenvalue weighted by Gasteiger charge is -2.35. The van der Waals surface area contributed by atoms with Crippen LogP contribution >= 0.6 is 0 Å². The molecule has 0 amide bonds. The first-order chi connectivity index (χ1) is 9.59. The van der Waals surface area contributed by atoms with Crippen molar-refractivity contribution in [1.29, 1.82) is 0 Å². The molecule has 0 bridgehead atoms. The molecule has 0 saturated carbocycles. The van der Waals surface area contributed by atoms with Crippen LogP contribution in [0.25, 0.3) is 10.9 Å². The van der Waals surface area contributed by atoms with Crippen LogP contribution in [0, 0.1) is 0 Å². The molecule has 1 aliphatic heterocycles. The molecule has 3 rings (SSSR count). The van der Waals surface area contributed by atoms with Crippen molar-refractivity contribution >= 4 is 16.6 Å². The number of rotatable bonds is 2. The van der Waals surface area contributed by atoms with Crippen LogP contribution in [0.4, 0.5) is 5.69 Å². The molecule has 0 unspecified atom stereocenters. The first kappa shape index (κ1) is 13.4. The predicted molar refractivity (Wildman–Crippen MR) is 86.6 cm³/mol. The molecule has 2 heteroatoms. The van der Waals surface area contributed by atoms with Gasteiger partial charge in [0.25, 0.3) is 0 Å². The number of hydrogen-bond acceptors (Lipinski definition) is 2. The number of hydrogen-bond donors (Lipinski definition) is 0. The van der Waals surface area contributed by atoms with E-state index in [1.807, 2.05) is 6.20 Å². The molecule has 2 aromatic rings. The fourth-order valence-electron chi connectivity index (χ4n) is 3.42. The third kappa shape index (κ3) is 2.07. The standard InChI is InChI=1S/C18H24N2/c1-12(2)14-9-10-19-16-7-8-17-15(18(14)16)6-5-11-20(17)13(3)4/h7-10,12-13H,5-6,11H2,1-4H3. The minimum absolute atomic E-state index is 0.543. The Balaban J connectivity index is 2.29. The van der Waals surface area contributed by atoms with Crippen LogP contribution in [0.3, 0.4) is 0 Å². The number of benzene rings is 1. The Morgan fingerprint density at radius 3 is 2.60 bits per heavy atom. The average molecular weight is 268 g/mol. The molecular formula is C18H24N2. The van der Waals surface area contributed by atoms with Crippen molar-refractivity contribution in [3.63, 3.8) is 0 Å². The van der Waals surface area contributed by atoms with Crippen LogP contribution in [0.15, 0.2) is 24.4 Å². The highest BCUT2D eigenvalue weighted by Crippen LogP contribution is 2.37. The fourth-order valence-corrected chi connectivity index (χ4v) is 3.42. The average Bonchev–Trinajstić information content (AvgIpc) is 2.45. The molecule has 0 fully saturated rings. The maximum atomic E-state index is 4.58. The van der Waals surface area contributed by atoms with E-state index in [0.29, 0.717) is 12.0 Å². The summed E-state index contributed by atoms with van der Waals surface area (Å²) in [5.41, 5.74) is 5.53. The lowest BCUT2D eigenvalue weighted by Crippen LogP contribution is -2.35. The molecule has 1 aromatic carbocycles. The molecule has 0 atom stereocenters. The van der Waals surface area contributed by atoms with Crippen LogP contribution in [-0.4, -0.2) is 17.6 Å². The number of nitrogens with zero attached hydrogens (tertiary/aromatic N) is 2. The molecule has 1 aromatic heterocycles. The number of fused-ring (bicyclic) bond motifs is 3. The molecular weight excluding hydrogens is 244 g/mol. The van der Waals surface area contributed by atoms with Gasteiger partial charge in [0.2, 0.25) is 0 Å². The van der Waals surface area contributed by atoms with Gasteiger partial charge in [0.1, 0.15) is 0 Å². The largest absolute Gasteiger partial charge is 0.369 e. The lowest BCUT2D eigenvalue weighted by atomic mass is 9.90. The number of anilines is 1. The van der Waals surface area contributed by atoms with E-state index in [1.54, 1.807) is 0 Å². The van der Waals surface area contributed by atoms with Crippen molar-refractivity contribution < 1.29 is 0 Å². The van der Waals surface area contributed by atoms with Gasteiger partial charge in [0.15, 0.2) is 0 Å². The molecule has 0 aliphatic carbocycles. The molecule has 0 spiro atoms. The van der Waals surface area contributed by atoms with Crippen LogP contribution < -0.4 is 4.90 Å². The predicted octanol–water partition coefficient (Wildman–Crippen LogP) is 4.52. The third-order valence-electron chi connectivity index (χ3n) is 4.40. The van der Waals surface area contributed by atoms with E-state index < -0.39 is 0 Å². The van der Waals surface area contributed by atoms with Gasteiger partial charge in [-0.15, -0.1) is 0 Å². The highest BCUT2D eigenvalue weighted by molar-refractivity contribution is 5.91. The number of pyridine rings is 1. The van der Waals surface area contributed by atoms with E-state index in [2.05, 4.69) is 55.8 Å². The molecule has 0 radical (unpaired) electrons. The van der Waals surface area contributed by atoms with Crippen molar-refractivity contribution in [3.8, 4) is 0 Å². The Kier molecular flexibility index (Phi) is 3.41. The molecule has 2 heterocycles. The Bertz CT molecular complexity index is 629. The van der Waals surface area contributed by atoms with Crippen molar-refractivity contribution in [1.82, 2.24) is 4.98 Å². The summed E-state index contributed by atoms with van der Waals surface area (Å²) in [6.45, 7) is 10.3. The van der Waals surface area contributed by atoms with Crippen LogP contribution in [0.1, 0.15) is 51.2 Å². The van der Waals surface area contributed by atoms with Gasteiger partial charge in [-0.25, -0.2) is 0 Å². The fraction of sp³-hybridized carbons (Fsp3) is 0.500. The van der Waals surface area contributed by atoms with Gasteiger partial charge in [0, 0.05) is 29.9 Å². The molecule has 0 N–H and O–H groups in total. The van der Waals surface area contributed by atoms with Gasteiger partial charge in [-0.1, -0.05) is 13.8 Å². The Morgan fingerprint density at radius 1 is 1.10 bits per heavy atom. The van der Waals surface area contributed by atoms with E-state index >= 15 is 0 Å². The smallest absolute Gasteiger partial charge is 0.0709 e. The van der Waals surface area contributed by atoms with E-state index in [-0.39, 0.29) is 0 Å². The Morgan fingerprint density at radius 2 is 1.90 bits per heavy atom. The third-order valence-corrected chi connectivity index (χ3v) is 4.40. The van der Waals surface area contributed by atoms with Crippen LogP contribution in [0.2, 0.25) is 0 Å². The Labute approximate surface area is 121 Å². The topological polar surface area (TPSA) is 16.1 Å². The highest BCUT2D eigenvalue weighted by Gasteiger charge is 2.22. The normalized spacial score (nSPS) is 15.2. The summed E-state index contributed by atoms with van der Waals surface area (Å²) >= 11 is 0. The van der Waals surface area contributed by atoms with Gasteiger partial charge < -0.3 is 4.90 Å². The van der Waals surface area contributed by atoms with Crippen LogP contribution in [0.5, 0.6) is 0 Å². The summed E-state index contributed by atoms with van der Waals surface area (Å²) in [6, 6.07) is 7.22. The van der Waals surface area contributed by atoms with Crippen molar-refractivity contribution in [3.05, 3.63) is 35.5 Å². The summed E-state index contributed by atoms with van der Waals surface area (Å²) in [4.78, 5) is 7.12. The summed E-state index contributed by atoms with van der Waals surface area (Å²) in [7, 11) is 0. The first-order valence-corrected chi connectivity index (χ1v) is 7.76. The minimum atomic E-state index is 0.543. The van der Waals surface area contributed by atoms with Gasteiger partial charge in [-0.3, -0.25) is 4.98 Å². The monoisotopic (exact) mass is 268 g/mol. The van der Waals surface area contributed by atoms with Gasteiger partial charge in [-0.05, 0) is 61.9 Å². The number of aryl methyl sites for hydroxylation is 1. The zero-order chi connectivity index (χ0) is 14.3. The minimum Gasteiger partial charge on any atom is -0.369 e. The number of aromatic nitrogens is 1. The second-order valence-corrected chi connectivity index (χ2v) is 6.40. The SMILES string of the molecule is CC(C)c1ccnc2ccc3c(c12)CCCN3C(C)C. The Hall–Kier alpha value is -1.57. The van der Waals surface area contributed by atoms with Crippen LogP contribution in [-0.2, 0) is 6.42 Å². The molecule has 20 heavy (non-hydrogen) atoms. The summed E-state index contributed by atoms with van der Waals surface area (Å²) in [6.07, 6.45) is 4.38. The van der Waals surface area contributed by atoms with E-state index in [4.69, 9.17) is 0 Å². The zero-order valence-corrected chi connectivity index (χ0v) is 13.0. The summed E-state index contributed by atoms with van der Waals surface area (Å²) in [5, 5.41) is 1.41. The van der Waals surface area contributed by atoms with E-state index in [0.717, 1.165) is 5.52 Å². The molecule has 2 nitrogen and oxygen atoms in total. The second kappa shape index (κ2) is 5.08. The second-order valence-electron chi connectivity index (χ2n) is 6.40. The molecule has 106 valence electrons. The van der Waals surface area contributed by atoms with Crippen molar-refractivity contribution in [2.24, 2.45) is 0 Å². The highest BCUT2D eigenvalue weighted by atomic mass is 15.2. The van der Waals surface area contributed by atoms with Crippen molar-refractivity contribution in [2.45, 2.75) is 52.5 Å². The molecule has 1 aliphatic rings. The van der Waals surface area contributed by atoms with Gasteiger partial charge in [-0.2, -0.15) is 0 Å². The zero-order valence-electron chi connectivity index (χ0n) is 13.0. The van der Waals surface area contributed by atoms with Crippen molar-refractivity contribution in [2.75, 3.05) is 11.4 Å². The summed E-state index contributed by atoms with van der Waals surface area (Å²) in [5.74, 6) is 0.543. The molecule has 0 saturated heterocycles. The van der Waals surface area contributed by atoms with E-state index in [1.165, 1.54) is 41.6 Å². The summed E-state index contributed by atoms with van der Waals surface area (Å²) < 4.78 is 0. The van der Waals surface area contributed by atoms with Gasteiger partial charge in [0.05, 0.1) is 5.52 Å². The maximum absolute atomic E-state index is 4.58.